The van der Waals surface area contributed by atoms with Crippen molar-refractivity contribution in [3.8, 4) is 0 Å². The zero-order valence-electron chi connectivity index (χ0n) is 6.98. The van der Waals surface area contributed by atoms with Gasteiger partial charge in [-0.05, 0) is 41.4 Å². The number of nitrogens with one attached hydrogen (secondary N) is 1. The molecule has 1 N–H and O–H groups in total. The third-order valence-electron chi connectivity index (χ3n) is 2.09. The molecule has 0 unspecified atom stereocenters. The summed E-state index contributed by atoms with van der Waals surface area (Å²) in [5.74, 6) is 0. The van der Waals surface area contributed by atoms with Crippen molar-refractivity contribution in [3.05, 3.63) is 28.0 Å². The van der Waals surface area contributed by atoms with E-state index in [1.54, 1.807) is 0 Å². The molecule has 0 radical (unpaired) electrons. The van der Waals surface area contributed by atoms with Gasteiger partial charge in [0.05, 0.1) is 11.0 Å². The van der Waals surface area contributed by atoms with E-state index in [9.17, 15) is 0 Å². The Bertz CT molecular complexity index is 431. The molecule has 2 heterocycles. The van der Waals surface area contributed by atoms with Crippen molar-refractivity contribution in [2.75, 3.05) is 0 Å². The minimum Gasteiger partial charge on any atom is -0.357 e. The lowest BCUT2D eigenvalue weighted by Gasteiger charge is -1.90. The molecule has 0 saturated carbocycles. The number of halogens is 1. The van der Waals surface area contributed by atoms with Crippen LogP contribution < -0.4 is 0 Å². The van der Waals surface area contributed by atoms with Gasteiger partial charge in [0.15, 0.2) is 0 Å². The van der Waals surface area contributed by atoms with Crippen LogP contribution in [0.3, 0.4) is 0 Å². The zero-order chi connectivity index (χ0) is 8.72. The Balaban J connectivity index is 2.87. The summed E-state index contributed by atoms with van der Waals surface area (Å²) in [6.45, 7) is 4.14. The van der Waals surface area contributed by atoms with Gasteiger partial charge in [-0.3, -0.25) is 4.98 Å². The summed E-state index contributed by atoms with van der Waals surface area (Å²) in [6, 6.07) is 2.04. The average Bonchev–Trinajstić information content (AvgIpc) is 2.28. The lowest BCUT2D eigenvalue weighted by Crippen LogP contribution is -1.76. The molecule has 0 saturated heterocycles. The van der Waals surface area contributed by atoms with E-state index < -0.39 is 0 Å². The maximum atomic E-state index is 4.32. The molecule has 0 bridgehead atoms. The number of rotatable bonds is 0. The topological polar surface area (TPSA) is 28.7 Å². The Morgan fingerprint density at radius 1 is 1.42 bits per heavy atom. The standard InChI is InChI=1S/C9H9BrN2/c1-5-6(2)12-8-3-7(10)4-11-9(5)8/h3-4,12H,1-2H3. The lowest BCUT2D eigenvalue weighted by atomic mass is 10.2. The van der Waals surface area contributed by atoms with Gasteiger partial charge in [0, 0.05) is 16.4 Å². The molecule has 2 aromatic rings. The summed E-state index contributed by atoms with van der Waals surface area (Å²) < 4.78 is 1.01. The normalized spacial score (nSPS) is 10.9. The van der Waals surface area contributed by atoms with Crippen molar-refractivity contribution in [2.24, 2.45) is 0 Å². The minimum absolute atomic E-state index is 1.01. The van der Waals surface area contributed by atoms with Crippen LogP contribution in [0.25, 0.3) is 11.0 Å². The molecule has 3 heteroatoms. The predicted octanol–water partition coefficient (Wildman–Crippen LogP) is 2.94. The molecule has 0 amide bonds. The molecular weight excluding hydrogens is 216 g/mol. The number of aromatic nitrogens is 2. The lowest BCUT2D eigenvalue weighted by molar-refractivity contribution is 1.25. The third-order valence-corrected chi connectivity index (χ3v) is 2.53. The second kappa shape index (κ2) is 2.59. The average molecular weight is 225 g/mol. The van der Waals surface area contributed by atoms with Gasteiger partial charge in [0.2, 0.25) is 0 Å². The number of aromatic amines is 1. The van der Waals surface area contributed by atoms with Crippen molar-refractivity contribution in [1.29, 1.82) is 0 Å². The molecule has 0 spiro atoms. The number of nitrogens with zero attached hydrogens (tertiary/aromatic N) is 1. The van der Waals surface area contributed by atoms with E-state index in [-0.39, 0.29) is 0 Å². The van der Waals surface area contributed by atoms with Crippen molar-refractivity contribution < 1.29 is 0 Å². The second-order valence-electron chi connectivity index (χ2n) is 2.92. The first-order valence-corrected chi connectivity index (χ1v) is 4.58. The largest absolute Gasteiger partial charge is 0.357 e. The van der Waals surface area contributed by atoms with Gasteiger partial charge in [-0.25, -0.2) is 0 Å². The number of aryl methyl sites for hydroxylation is 2. The number of pyridine rings is 1. The molecule has 0 aromatic carbocycles. The molecule has 2 aromatic heterocycles. The molecule has 0 aliphatic carbocycles. The summed E-state index contributed by atoms with van der Waals surface area (Å²) in [5.41, 5.74) is 4.59. The van der Waals surface area contributed by atoms with Crippen LogP contribution in [0.15, 0.2) is 16.7 Å². The summed E-state index contributed by atoms with van der Waals surface area (Å²) in [5, 5.41) is 0. The summed E-state index contributed by atoms with van der Waals surface area (Å²) in [7, 11) is 0. The number of hydrogen-bond donors (Lipinski definition) is 1. The van der Waals surface area contributed by atoms with Crippen LogP contribution >= 0.6 is 15.9 Å². The minimum atomic E-state index is 1.01. The van der Waals surface area contributed by atoms with Crippen molar-refractivity contribution in [2.45, 2.75) is 13.8 Å². The smallest absolute Gasteiger partial charge is 0.0911 e. The van der Waals surface area contributed by atoms with Gasteiger partial charge < -0.3 is 4.98 Å². The van der Waals surface area contributed by atoms with Crippen molar-refractivity contribution in [3.63, 3.8) is 0 Å². The molecular formula is C9H9BrN2. The Kier molecular flexibility index (Phi) is 1.68. The third kappa shape index (κ3) is 1.05. The number of H-pyrrole nitrogens is 1. The fraction of sp³-hybridized carbons (Fsp3) is 0.222. The van der Waals surface area contributed by atoms with Gasteiger partial charge in [-0.15, -0.1) is 0 Å². The highest BCUT2D eigenvalue weighted by molar-refractivity contribution is 9.10. The zero-order valence-corrected chi connectivity index (χ0v) is 8.57. The molecule has 12 heavy (non-hydrogen) atoms. The molecule has 0 aliphatic rings. The van der Waals surface area contributed by atoms with Gasteiger partial charge in [-0.2, -0.15) is 0 Å². The van der Waals surface area contributed by atoms with E-state index in [4.69, 9.17) is 0 Å². The van der Waals surface area contributed by atoms with Crippen molar-refractivity contribution in [1.82, 2.24) is 9.97 Å². The maximum absolute atomic E-state index is 4.32. The highest BCUT2D eigenvalue weighted by Crippen LogP contribution is 2.21. The predicted molar refractivity (Wildman–Crippen MR) is 53.3 cm³/mol. The second-order valence-corrected chi connectivity index (χ2v) is 3.84. The van der Waals surface area contributed by atoms with Gasteiger partial charge in [0.1, 0.15) is 0 Å². The van der Waals surface area contributed by atoms with Crippen LogP contribution in [0.2, 0.25) is 0 Å². The van der Waals surface area contributed by atoms with Crippen LogP contribution in [0.1, 0.15) is 11.3 Å². The SMILES string of the molecule is Cc1[nH]c2cc(Br)cnc2c1C. The van der Waals surface area contributed by atoms with E-state index in [0.29, 0.717) is 0 Å². The summed E-state index contributed by atoms with van der Waals surface area (Å²) in [4.78, 5) is 7.60. The van der Waals surface area contributed by atoms with Crippen LogP contribution in [0, 0.1) is 13.8 Å². The summed E-state index contributed by atoms with van der Waals surface area (Å²) in [6.07, 6.45) is 1.82. The monoisotopic (exact) mass is 224 g/mol. The Morgan fingerprint density at radius 3 is 2.92 bits per heavy atom. The van der Waals surface area contributed by atoms with E-state index in [1.807, 2.05) is 12.3 Å². The van der Waals surface area contributed by atoms with Crippen LogP contribution in [-0.2, 0) is 0 Å². The number of fused-ring (bicyclic) bond motifs is 1. The molecule has 0 aliphatic heterocycles. The van der Waals surface area contributed by atoms with E-state index >= 15 is 0 Å². The summed E-state index contributed by atoms with van der Waals surface area (Å²) >= 11 is 3.38. The highest BCUT2D eigenvalue weighted by atomic mass is 79.9. The Morgan fingerprint density at radius 2 is 2.17 bits per heavy atom. The Labute approximate surface area is 79.1 Å². The first kappa shape index (κ1) is 7.80. The van der Waals surface area contributed by atoms with E-state index in [1.165, 1.54) is 11.3 Å². The quantitative estimate of drug-likeness (QED) is 0.733. The number of hydrogen-bond acceptors (Lipinski definition) is 1. The van der Waals surface area contributed by atoms with E-state index in [0.717, 1.165) is 15.5 Å². The Hall–Kier alpha value is -0.830. The van der Waals surface area contributed by atoms with Crippen LogP contribution in [0.4, 0.5) is 0 Å². The first-order chi connectivity index (χ1) is 5.68. The molecule has 0 atom stereocenters. The molecule has 2 nitrogen and oxygen atoms in total. The van der Waals surface area contributed by atoms with Crippen LogP contribution in [0.5, 0.6) is 0 Å². The van der Waals surface area contributed by atoms with Gasteiger partial charge in [-0.1, -0.05) is 0 Å². The highest BCUT2D eigenvalue weighted by Gasteiger charge is 2.04. The van der Waals surface area contributed by atoms with Gasteiger partial charge in [0.25, 0.3) is 0 Å². The fourth-order valence-corrected chi connectivity index (χ4v) is 1.64. The fourth-order valence-electron chi connectivity index (χ4n) is 1.31. The maximum Gasteiger partial charge on any atom is 0.0911 e. The van der Waals surface area contributed by atoms with Crippen LogP contribution in [-0.4, -0.2) is 9.97 Å². The first-order valence-electron chi connectivity index (χ1n) is 3.79. The molecule has 62 valence electrons. The van der Waals surface area contributed by atoms with E-state index in [2.05, 4.69) is 39.7 Å². The molecule has 0 fully saturated rings. The van der Waals surface area contributed by atoms with Gasteiger partial charge >= 0.3 is 0 Å². The molecule has 2 rings (SSSR count). The van der Waals surface area contributed by atoms with Crippen molar-refractivity contribution >= 4 is 27.0 Å².